The van der Waals surface area contributed by atoms with E-state index in [0.717, 1.165) is 0 Å². The van der Waals surface area contributed by atoms with Crippen molar-refractivity contribution < 1.29 is 17.6 Å². The van der Waals surface area contributed by atoms with Crippen molar-refractivity contribution in [1.29, 1.82) is 0 Å². The molecule has 1 aliphatic heterocycles. The van der Waals surface area contributed by atoms with Crippen LogP contribution in [0.4, 0.5) is 0 Å². The molecule has 1 amide bonds. The van der Waals surface area contributed by atoms with Crippen LogP contribution in [0, 0.1) is 0 Å². The smallest absolute Gasteiger partial charge is 0.289 e. The van der Waals surface area contributed by atoms with Crippen molar-refractivity contribution in [3.05, 3.63) is 24.2 Å². The molecular formula is C11H16N2O4S. The monoisotopic (exact) mass is 272 g/mol. The topological polar surface area (TPSA) is 70.8 Å². The van der Waals surface area contributed by atoms with Gasteiger partial charge in [-0.15, -0.1) is 0 Å². The number of hydrogen-bond acceptors (Lipinski definition) is 4. The molecule has 18 heavy (non-hydrogen) atoms. The third-order valence-corrected chi connectivity index (χ3v) is 4.25. The van der Waals surface area contributed by atoms with Gasteiger partial charge in [-0.2, -0.15) is 0 Å². The average Bonchev–Trinajstić information content (AvgIpc) is 2.70. The number of sulfonamides is 1. The zero-order valence-electron chi connectivity index (χ0n) is 10.2. The molecule has 0 aromatic carbocycles. The van der Waals surface area contributed by atoms with E-state index in [9.17, 15) is 13.2 Å². The number of rotatable bonds is 2. The first-order valence-electron chi connectivity index (χ1n) is 5.76. The first kappa shape index (κ1) is 13.1. The van der Waals surface area contributed by atoms with Crippen LogP contribution in [0.15, 0.2) is 22.8 Å². The van der Waals surface area contributed by atoms with Crippen molar-refractivity contribution in [3.63, 3.8) is 0 Å². The lowest BCUT2D eigenvalue weighted by molar-refractivity contribution is 0.0732. The van der Waals surface area contributed by atoms with Gasteiger partial charge in [0.1, 0.15) is 0 Å². The predicted molar refractivity (Wildman–Crippen MR) is 65.6 cm³/mol. The first-order chi connectivity index (χ1) is 8.48. The molecule has 2 heterocycles. The highest BCUT2D eigenvalue weighted by Gasteiger charge is 2.25. The fraction of sp³-hybridized carbons (Fsp3) is 0.545. The number of carbonyl (C=O) groups is 1. The van der Waals surface area contributed by atoms with Gasteiger partial charge in [0.25, 0.3) is 5.91 Å². The van der Waals surface area contributed by atoms with Crippen LogP contribution < -0.4 is 0 Å². The molecular weight excluding hydrogens is 256 g/mol. The van der Waals surface area contributed by atoms with E-state index in [2.05, 4.69) is 0 Å². The highest BCUT2D eigenvalue weighted by atomic mass is 32.2. The van der Waals surface area contributed by atoms with Crippen molar-refractivity contribution in [2.75, 3.05) is 32.4 Å². The van der Waals surface area contributed by atoms with Crippen LogP contribution in [-0.4, -0.2) is 56.0 Å². The van der Waals surface area contributed by atoms with Crippen LogP contribution in [0.5, 0.6) is 0 Å². The van der Waals surface area contributed by atoms with E-state index in [-0.39, 0.29) is 5.91 Å². The van der Waals surface area contributed by atoms with Gasteiger partial charge in [-0.3, -0.25) is 4.79 Å². The number of carbonyl (C=O) groups excluding carboxylic acids is 1. The minimum atomic E-state index is -3.18. The summed E-state index contributed by atoms with van der Waals surface area (Å²) in [4.78, 5) is 13.7. The van der Waals surface area contributed by atoms with Gasteiger partial charge in [-0.05, 0) is 18.6 Å². The van der Waals surface area contributed by atoms with Crippen molar-refractivity contribution >= 4 is 15.9 Å². The minimum Gasteiger partial charge on any atom is -0.459 e. The maximum Gasteiger partial charge on any atom is 0.289 e. The summed E-state index contributed by atoms with van der Waals surface area (Å²) in [6.45, 7) is 1.74. The second-order valence-corrected chi connectivity index (χ2v) is 6.27. The summed E-state index contributed by atoms with van der Waals surface area (Å²) in [5, 5.41) is 0. The van der Waals surface area contributed by atoms with Crippen LogP contribution in [-0.2, 0) is 10.0 Å². The van der Waals surface area contributed by atoms with Gasteiger partial charge in [0.2, 0.25) is 10.0 Å². The molecule has 0 unspecified atom stereocenters. The molecule has 1 aromatic rings. The van der Waals surface area contributed by atoms with E-state index in [1.165, 1.54) is 16.8 Å². The molecule has 0 bridgehead atoms. The summed E-state index contributed by atoms with van der Waals surface area (Å²) in [5.41, 5.74) is 0. The molecule has 0 spiro atoms. The molecule has 1 aliphatic rings. The Bertz CT molecular complexity index is 509. The van der Waals surface area contributed by atoms with Gasteiger partial charge in [-0.25, -0.2) is 12.7 Å². The van der Waals surface area contributed by atoms with Crippen LogP contribution in [0.3, 0.4) is 0 Å². The summed E-state index contributed by atoms with van der Waals surface area (Å²) in [7, 11) is -3.18. The van der Waals surface area contributed by atoms with Crippen LogP contribution >= 0.6 is 0 Å². The van der Waals surface area contributed by atoms with Gasteiger partial charge in [-0.1, -0.05) is 0 Å². The van der Waals surface area contributed by atoms with Crippen molar-refractivity contribution in [2.45, 2.75) is 6.42 Å². The molecule has 0 saturated carbocycles. The lowest BCUT2D eigenvalue weighted by Crippen LogP contribution is -2.36. The Morgan fingerprint density at radius 3 is 2.67 bits per heavy atom. The molecule has 2 rings (SSSR count). The Morgan fingerprint density at radius 1 is 1.28 bits per heavy atom. The second-order valence-electron chi connectivity index (χ2n) is 4.29. The molecule has 1 fully saturated rings. The molecule has 1 saturated heterocycles. The molecule has 0 aliphatic carbocycles. The van der Waals surface area contributed by atoms with Crippen molar-refractivity contribution in [3.8, 4) is 0 Å². The normalized spacial score (nSPS) is 18.6. The first-order valence-corrected chi connectivity index (χ1v) is 7.61. The van der Waals surface area contributed by atoms with Gasteiger partial charge >= 0.3 is 0 Å². The number of nitrogens with zero attached hydrogens (tertiary/aromatic N) is 2. The fourth-order valence-corrected chi connectivity index (χ4v) is 2.86. The Labute approximate surface area is 106 Å². The Kier molecular flexibility index (Phi) is 3.72. The summed E-state index contributed by atoms with van der Waals surface area (Å²) < 4.78 is 29.4. The maximum absolute atomic E-state index is 12.0. The van der Waals surface area contributed by atoms with Crippen molar-refractivity contribution in [1.82, 2.24) is 9.21 Å². The zero-order chi connectivity index (χ0) is 13.2. The second kappa shape index (κ2) is 5.11. The van der Waals surface area contributed by atoms with E-state index < -0.39 is 10.0 Å². The molecule has 0 N–H and O–H groups in total. The molecule has 0 radical (unpaired) electrons. The molecule has 6 nitrogen and oxygen atoms in total. The third-order valence-electron chi connectivity index (χ3n) is 2.94. The summed E-state index contributed by atoms with van der Waals surface area (Å²) in [6, 6.07) is 3.27. The molecule has 0 atom stereocenters. The summed E-state index contributed by atoms with van der Waals surface area (Å²) in [6.07, 6.45) is 3.28. The zero-order valence-corrected chi connectivity index (χ0v) is 11.0. The molecule has 7 heteroatoms. The quantitative estimate of drug-likeness (QED) is 0.780. The van der Waals surface area contributed by atoms with Gasteiger partial charge < -0.3 is 9.32 Å². The van der Waals surface area contributed by atoms with E-state index >= 15 is 0 Å². The number of hydrogen-bond donors (Lipinski definition) is 0. The third kappa shape index (κ3) is 2.91. The van der Waals surface area contributed by atoms with Gasteiger partial charge in [0.05, 0.1) is 12.5 Å². The van der Waals surface area contributed by atoms with E-state index in [1.807, 2.05) is 0 Å². The highest BCUT2D eigenvalue weighted by Crippen LogP contribution is 2.11. The van der Waals surface area contributed by atoms with E-state index in [4.69, 9.17) is 4.42 Å². The SMILES string of the molecule is CS(=O)(=O)N1CCCN(C(=O)c2ccco2)CC1. The minimum absolute atomic E-state index is 0.185. The summed E-state index contributed by atoms with van der Waals surface area (Å²) >= 11 is 0. The number of amides is 1. The van der Waals surface area contributed by atoms with Crippen LogP contribution in [0.2, 0.25) is 0 Å². The Hall–Kier alpha value is -1.34. The number of furan rings is 1. The standard InChI is InChI=1S/C11H16N2O4S/c1-18(15,16)13-6-3-5-12(7-8-13)11(14)10-4-2-9-17-10/h2,4,9H,3,5-8H2,1H3. The van der Waals surface area contributed by atoms with Crippen LogP contribution in [0.25, 0.3) is 0 Å². The fourth-order valence-electron chi connectivity index (χ4n) is 1.98. The van der Waals surface area contributed by atoms with E-state index in [0.29, 0.717) is 38.4 Å². The predicted octanol–water partition coefficient (Wildman–Crippen LogP) is 0.387. The van der Waals surface area contributed by atoms with Crippen molar-refractivity contribution in [2.24, 2.45) is 0 Å². The maximum atomic E-state index is 12.0. The van der Waals surface area contributed by atoms with Crippen LogP contribution in [0.1, 0.15) is 17.0 Å². The largest absolute Gasteiger partial charge is 0.459 e. The lowest BCUT2D eigenvalue weighted by Gasteiger charge is -2.19. The molecule has 1 aromatic heterocycles. The van der Waals surface area contributed by atoms with Gasteiger partial charge in [0.15, 0.2) is 5.76 Å². The average molecular weight is 272 g/mol. The summed E-state index contributed by atoms with van der Waals surface area (Å²) in [5.74, 6) is 0.109. The Morgan fingerprint density at radius 2 is 2.06 bits per heavy atom. The molecule has 100 valence electrons. The van der Waals surface area contributed by atoms with Gasteiger partial charge in [0, 0.05) is 26.2 Å². The highest BCUT2D eigenvalue weighted by molar-refractivity contribution is 7.88. The lowest BCUT2D eigenvalue weighted by atomic mass is 10.3. The van der Waals surface area contributed by atoms with E-state index in [1.54, 1.807) is 17.0 Å². The Balaban J connectivity index is 2.04.